The number of ether oxygens (including phenoxy) is 2. The Labute approximate surface area is 208 Å². The van der Waals surface area contributed by atoms with Crippen LogP contribution in [0.5, 0.6) is 5.75 Å². The first-order valence-corrected chi connectivity index (χ1v) is 14.3. The maximum Gasteiger partial charge on any atom is 0.191 e. The van der Waals surface area contributed by atoms with Crippen molar-refractivity contribution >= 4 is 11.8 Å². The van der Waals surface area contributed by atoms with Crippen LogP contribution in [0.25, 0.3) is 0 Å². The first kappa shape index (κ1) is 24.1. The fraction of sp³-hybridized carbons (Fsp3) is 0.704. The van der Waals surface area contributed by atoms with Crippen molar-refractivity contribution in [2.75, 3.05) is 32.6 Å². The summed E-state index contributed by atoms with van der Waals surface area (Å²) in [5.41, 5.74) is 1.35. The highest BCUT2D eigenvalue weighted by Gasteiger charge is 2.29. The van der Waals surface area contributed by atoms with Gasteiger partial charge < -0.3 is 14.0 Å². The Hall–Kier alpha value is -1.57. The van der Waals surface area contributed by atoms with E-state index < -0.39 is 0 Å². The largest absolute Gasteiger partial charge is 0.497 e. The molecular formula is C27H40N4O2S. The number of aromatic nitrogens is 3. The van der Waals surface area contributed by atoms with Crippen molar-refractivity contribution < 1.29 is 9.47 Å². The van der Waals surface area contributed by atoms with Crippen LogP contribution in [0.1, 0.15) is 75.1 Å². The van der Waals surface area contributed by atoms with E-state index in [0.717, 1.165) is 68.9 Å². The molecule has 2 saturated heterocycles. The first-order valence-electron chi connectivity index (χ1n) is 13.3. The van der Waals surface area contributed by atoms with Gasteiger partial charge in [-0.2, -0.15) is 0 Å². The van der Waals surface area contributed by atoms with Gasteiger partial charge in [0.25, 0.3) is 0 Å². The normalized spacial score (nSPS) is 22.9. The van der Waals surface area contributed by atoms with Gasteiger partial charge in [-0.3, -0.25) is 4.90 Å². The van der Waals surface area contributed by atoms with Crippen molar-refractivity contribution in [2.45, 2.75) is 88.1 Å². The summed E-state index contributed by atoms with van der Waals surface area (Å²) in [6.07, 6.45) is 11.9. The van der Waals surface area contributed by atoms with E-state index in [4.69, 9.17) is 19.7 Å². The van der Waals surface area contributed by atoms with E-state index in [2.05, 4.69) is 33.7 Å². The van der Waals surface area contributed by atoms with Crippen LogP contribution in [-0.4, -0.2) is 58.3 Å². The van der Waals surface area contributed by atoms with Crippen molar-refractivity contribution in [3.8, 4) is 5.75 Å². The molecule has 1 atom stereocenters. The predicted octanol–water partition coefficient (Wildman–Crippen LogP) is 5.52. The molecule has 1 aromatic carbocycles. The molecule has 0 radical (unpaired) electrons. The van der Waals surface area contributed by atoms with Crippen LogP contribution in [0.2, 0.25) is 0 Å². The lowest BCUT2D eigenvalue weighted by atomic mass is 9.91. The molecule has 3 fully saturated rings. The molecule has 0 N–H and O–H groups in total. The molecule has 0 amide bonds. The number of hydrogen-bond acceptors (Lipinski definition) is 6. The minimum atomic E-state index is 0.318. The van der Waals surface area contributed by atoms with E-state index >= 15 is 0 Å². The zero-order valence-electron chi connectivity index (χ0n) is 20.7. The van der Waals surface area contributed by atoms with Gasteiger partial charge in [-0.25, -0.2) is 0 Å². The van der Waals surface area contributed by atoms with E-state index in [0.29, 0.717) is 12.0 Å². The summed E-state index contributed by atoms with van der Waals surface area (Å²) in [5, 5.41) is 10.6. The topological polar surface area (TPSA) is 52.4 Å². The molecule has 3 aliphatic rings. The van der Waals surface area contributed by atoms with Gasteiger partial charge in [0.1, 0.15) is 11.6 Å². The molecule has 1 saturated carbocycles. The van der Waals surface area contributed by atoms with Crippen molar-refractivity contribution in [2.24, 2.45) is 5.92 Å². The number of rotatable bonds is 9. The molecule has 5 rings (SSSR count). The van der Waals surface area contributed by atoms with Gasteiger partial charge in [-0.05, 0) is 75.2 Å². The summed E-state index contributed by atoms with van der Waals surface area (Å²) in [6.45, 7) is 5.03. The van der Waals surface area contributed by atoms with E-state index in [1.807, 2.05) is 11.8 Å². The fourth-order valence-electron chi connectivity index (χ4n) is 5.76. The molecule has 186 valence electrons. The lowest BCUT2D eigenvalue weighted by molar-refractivity contribution is 0.0931. The standard InChI is InChI=1S/C27H40N4O2S/c1-32-24-11-9-21(10-12-24)18-30-15-13-23(14-16-30)26-28-29-27(31(26)19-25-8-5-17-33-25)34-20-22-6-3-2-4-7-22/h9-12,22-23,25H,2-8,13-20H2,1H3/t25-/m1/s1. The van der Waals surface area contributed by atoms with Crippen molar-refractivity contribution in [1.82, 2.24) is 19.7 Å². The molecule has 2 aliphatic heterocycles. The Morgan fingerprint density at radius 3 is 2.47 bits per heavy atom. The van der Waals surface area contributed by atoms with Crippen molar-refractivity contribution in [3.05, 3.63) is 35.7 Å². The molecule has 1 aliphatic carbocycles. The second-order valence-corrected chi connectivity index (χ2v) is 11.3. The van der Waals surface area contributed by atoms with Gasteiger partial charge in [0.2, 0.25) is 0 Å². The zero-order valence-corrected chi connectivity index (χ0v) is 21.5. The zero-order chi connectivity index (χ0) is 23.2. The Kier molecular flexibility index (Phi) is 8.46. The smallest absolute Gasteiger partial charge is 0.191 e. The molecular weight excluding hydrogens is 444 g/mol. The summed E-state index contributed by atoms with van der Waals surface area (Å²) in [6, 6.07) is 8.47. The Balaban J connectivity index is 1.21. The number of methoxy groups -OCH3 is 1. The highest BCUT2D eigenvalue weighted by Crippen LogP contribution is 2.34. The molecule has 0 spiro atoms. The Morgan fingerprint density at radius 2 is 1.76 bits per heavy atom. The van der Waals surface area contributed by atoms with E-state index in [1.54, 1.807) is 7.11 Å². The van der Waals surface area contributed by atoms with Gasteiger partial charge >= 0.3 is 0 Å². The number of likely N-dealkylation sites (tertiary alicyclic amines) is 1. The average Bonchev–Trinajstić information content (AvgIpc) is 3.55. The number of nitrogens with zero attached hydrogens (tertiary/aromatic N) is 4. The van der Waals surface area contributed by atoms with E-state index in [9.17, 15) is 0 Å². The molecule has 0 bridgehead atoms. The third-order valence-corrected chi connectivity index (χ3v) is 9.04. The number of piperidine rings is 1. The van der Waals surface area contributed by atoms with Crippen molar-refractivity contribution in [3.63, 3.8) is 0 Å². The highest BCUT2D eigenvalue weighted by atomic mass is 32.2. The third-order valence-electron chi connectivity index (χ3n) is 7.85. The molecule has 3 heterocycles. The monoisotopic (exact) mass is 484 g/mol. The van der Waals surface area contributed by atoms with E-state index in [-0.39, 0.29) is 0 Å². The van der Waals surface area contributed by atoms with Gasteiger partial charge in [0.15, 0.2) is 5.16 Å². The summed E-state index contributed by atoms with van der Waals surface area (Å²) in [5.74, 6) is 4.64. The van der Waals surface area contributed by atoms with Gasteiger partial charge in [0, 0.05) is 24.8 Å². The van der Waals surface area contributed by atoms with Crippen LogP contribution in [0.3, 0.4) is 0 Å². The molecule has 34 heavy (non-hydrogen) atoms. The maximum absolute atomic E-state index is 6.02. The minimum absolute atomic E-state index is 0.318. The second kappa shape index (κ2) is 11.9. The van der Waals surface area contributed by atoms with Gasteiger partial charge in [-0.15, -0.1) is 10.2 Å². The summed E-state index contributed by atoms with van der Waals surface area (Å²) in [4.78, 5) is 2.57. The molecule has 0 unspecified atom stereocenters. The van der Waals surface area contributed by atoms with Crippen LogP contribution in [0.4, 0.5) is 0 Å². The van der Waals surface area contributed by atoms with Crippen LogP contribution in [0, 0.1) is 5.92 Å². The molecule has 1 aromatic heterocycles. The summed E-state index contributed by atoms with van der Waals surface area (Å²) in [7, 11) is 1.72. The van der Waals surface area contributed by atoms with Crippen LogP contribution in [-0.2, 0) is 17.8 Å². The van der Waals surface area contributed by atoms with Crippen LogP contribution >= 0.6 is 11.8 Å². The number of hydrogen-bond donors (Lipinski definition) is 0. The van der Waals surface area contributed by atoms with Gasteiger partial charge in [0.05, 0.1) is 19.8 Å². The Morgan fingerprint density at radius 1 is 0.971 bits per heavy atom. The minimum Gasteiger partial charge on any atom is -0.497 e. The Bertz CT molecular complexity index is 883. The SMILES string of the molecule is COc1ccc(CN2CCC(c3nnc(SCC4CCCCC4)n3C[C@H]3CCCO3)CC2)cc1. The average molecular weight is 485 g/mol. The molecule has 2 aromatic rings. The summed E-state index contributed by atoms with van der Waals surface area (Å²) < 4.78 is 13.7. The van der Waals surface area contributed by atoms with Crippen LogP contribution in [0.15, 0.2) is 29.4 Å². The second-order valence-electron chi connectivity index (χ2n) is 10.3. The van der Waals surface area contributed by atoms with E-state index in [1.165, 1.54) is 55.7 Å². The van der Waals surface area contributed by atoms with Gasteiger partial charge in [-0.1, -0.05) is 43.2 Å². The first-order chi connectivity index (χ1) is 16.8. The molecule has 6 nitrogen and oxygen atoms in total. The predicted molar refractivity (Wildman–Crippen MR) is 137 cm³/mol. The lowest BCUT2D eigenvalue weighted by Crippen LogP contribution is -2.33. The molecule has 7 heteroatoms. The number of benzene rings is 1. The quantitative estimate of drug-likeness (QED) is 0.437. The number of thioether (sulfide) groups is 1. The highest BCUT2D eigenvalue weighted by molar-refractivity contribution is 7.99. The lowest BCUT2D eigenvalue weighted by Gasteiger charge is -2.32. The summed E-state index contributed by atoms with van der Waals surface area (Å²) >= 11 is 1.94. The fourth-order valence-corrected chi connectivity index (χ4v) is 6.90. The maximum atomic E-state index is 6.02. The third kappa shape index (κ3) is 6.16. The van der Waals surface area contributed by atoms with Crippen molar-refractivity contribution in [1.29, 1.82) is 0 Å². The van der Waals surface area contributed by atoms with Crippen LogP contribution < -0.4 is 4.74 Å².